The summed E-state index contributed by atoms with van der Waals surface area (Å²) in [6.07, 6.45) is 6.60. The van der Waals surface area contributed by atoms with Gasteiger partial charge in [0.2, 0.25) is 0 Å². The fourth-order valence-electron chi connectivity index (χ4n) is 2.05. The van der Waals surface area contributed by atoms with Crippen molar-refractivity contribution in [2.75, 3.05) is 0 Å². The van der Waals surface area contributed by atoms with Gasteiger partial charge in [0.1, 0.15) is 5.75 Å². The molecule has 1 unspecified atom stereocenters. The third kappa shape index (κ3) is 2.39. The van der Waals surface area contributed by atoms with Gasteiger partial charge in [-0.05, 0) is 25.8 Å². The number of nitrogens with one attached hydrogen (secondary N) is 1. The van der Waals surface area contributed by atoms with Crippen LogP contribution < -0.4 is 5.32 Å². The lowest BCUT2D eigenvalue weighted by molar-refractivity contribution is 0.431. The van der Waals surface area contributed by atoms with Gasteiger partial charge in [-0.3, -0.25) is 0 Å². The number of phenolic OH excluding ortho intramolecular Hbond substituents is 1. The minimum atomic E-state index is 0.205. The molecule has 1 aliphatic carbocycles. The average molecular weight is 203 g/mol. The van der Waals surface area contributed by atoms with E-state index in [9.17, 15) is 5.11 Å². The van der Waals surface area contributed by atoms with Crippen molar-refractivity contribution >= 4 is 0 Å². The van der Waals surface area contributed by atoms with Gasteiger partial charge in [-0.15, -0.1) is 0 Å². The first-order chi connectivity index (χ1) is 7.27. The van der Waals surface area contributed by atoms with Crippen LogP contribution >= 0.6 is 0 Å². The quantitative estimate of drug-likeness (QED) is 0.740. The molecular weight excluding hydrogens is 186 g/mol. The van der Waals surface area contributed by atoms with E-state index in [1.165, 1.54) is 0 Å². The molecule has 0 radical (unpaired) electrons. The van der Waals surface area contributed by atoms with E-state index < -0.39 is 0 Å². The maximum atomic E-state index is 9.70. The summed E-state index contributed by atoms with van der Waals surface area (Å²) in [7, 11) is 0. The van der Waals surface area contributed by atoms with Crippen molar-refractivity contribution in [3.8, 4) is 5.75 Å². The van der Waals surface area contributed by atoms with Gasteiger partial charge >= 0.3 is 0 Å². The molecule has 0 bridgehead atoms. The van der Waals surface area contributed by atoms with E-state index in [4.69, 9.17) is 0 Å². The van der Waals surface area contributed by atoms with Gasteiger partial charge in [0, 0.05) is 17.6 Å². The lowest BCUT2D eigenvalue weighted by Crippen LogP contribution is -2.29. The summed E-state index contributed by atoms with van der Waals surface area (Å²) in [6, 6.07) is 8.24. The third-order valence-corrected chi connectivity index (χ3v) is 2.90. The van der Waals surface area contributed by atoms with Gasteiger partial charge < -0.3 is 10.4 Å². The van der Waals surface area contributed by atoms with E-state index >= 15 is 0 Å². The summed E-state index contributed by atoms with van der Waals surface area (Å²) in [5.74, 6) is 0.378. The highest BCUT2D eigenvalue weighted by Crippen LogP contribution is 2.24. The molecule has 2 rings (SSSR count). The van der Waals surface area contributed by atoms with E-state index in [1.807, 2.05) is 18.2 Å². The Morgan fingerprint density at radius 2 is 1.93 bits per heavy atom. The zero-order chi connectivity index (χ0) is 10.7. The Hall–Kier alpha value is -1.28. The number of para-hydroxylation sites is 1. The number of benzene rings is 1. The number of rotatable bonds is 3. The van der Waals surface area contributed by atoms with Crippen molar-refractivity contribution in [3.63, 3.8) is 0 Å². The van der Waals surface area contributed by atoms with Gasteiger partial charge in [0.15, 0.2) is 0 Å². The lowest BCUT2D eigenvalue weighted by Gasteiger charge is -2.20. The molecule has 2 heteroatoms. The van der Waals surface area contributed by atoms with Crippen LogP contribution in [0.5, 0.6) is 5.75 Å². The molecule has 0 amide bonds. The van der Waals surface area contributed by atoms with E-state index in [2.05, 4.69) is 24.4 Å². The number of hydrogen-bond acceptors (Lipinski definition) is 2. The van der Waals surface area contributed by atoms with Gasteiger partial charge in [0.25, 0.3) is 0 Å². The average Bonchev–Trinajstić information content (AvgIpc) is 2.71. The molecule has 80 valence electrons. The highest BCUT2D eigenvalue weighted by molar-refractivity contribution is 5.34. The molecule has 1 aromatic rings. The first-order valence-electron chi connectivity index (χ1n) is 5.46. The summed E-state index contributed by atoms with van der Waals surface area (Å²) < 4.78 is 0. The second-order valence-electron chi connectivity index (χ2n) is 4.09. The van der Waals surface area contributed by atoms with E-state index in [1.54, 1.807) is 6.07 Å². The molecule has 1 atom stereocenters. The first kappa shape index (κ1) is 10.2. The maximum Gasteiger partial charge on any atom is 0.120 e. The van der Waals surface area contributed by atoms with Crippen LogP contribution in [0.1, 0.15) is 31.4 Å². The summed E-state index contributed by atoms with van der Waals surface area (Å²) in [5, 5.41) is 13.2. The molecule has 0 aliphatic heterocycles. The Morgan fingerprint density at radius 1 is 1.27 bits per heavy atom. The van der Waals surface area contributed by atoms with E-state index in [0.717, 1.165) is 18.4 Å². The summed E-state index contributed by atoms with van der Waals surface area (Å²) in [6.45, 7) is 2.09. The molecule has 1 aliphatic rings. The molecule has 0 spiro atoms. The Labute approximate surface area is 90.6 Å². The topological polar surface area (TPSA) is 32.3 Å². The van der Waals surface area contributed by atoms with Crippen molar-refractivity contribution in [3.05, 3.63) is 42.0 Å². The first-order valence-corrected chi connectivity index (χ1v) is 5.46. The zero-order valence-corrected chi connectivity index (χ0v) is 8.98. The molecule has 0 saturated carbocycles. The molecule has 0 saturated heterocycles. The Bertz CT molecular complexity index is 351. The normalized spacial score (nSPS) is 18.2. The summed E-state index contributed by atoms with van der Waals surface area (Å²) in [4.78, 5) is 0. The summed E-state index contributed by atoms with van der Waals surface area (Å²) in [5.41, 5.74) is 0.976. The Balaban J connectivity index is 2.01. The molecule has 0 aromatic heterocycles. The second kappa shape index (κ2) is 4.49. The second-order valence-corrected chi connectivity index (χ2v) is 4.09. The van der Waals surface area contributed by atoms with Gasteiger partial charge in [0.05, 0.1) is 0 Å². The van der Waals surface area contributed by atoms with Crippen LogP contribution in [-0.2, 0) is 0 Å². The van der Waals surface area contributed by atoms with Crippen molar-refractivity contribution in [1.29, 1.82) is 0 Å². The fourth-order valence-corrected chi connectivity index (χ4v) is 2.05. The predicted molar refractivity (Wildman–Crippen MR) is 61.8 cm³/mol. The molecule has 0 heterocycles. The third-order valence-electron chi connectivity index (χ3n) is 2.90. The van der Waals surface area contributed by atoms with Crippen molar-refractivity contribution < 1.29 is 5.11 Å². The molecule has 2 N–H and O–H groups in total. The SMILES string of the molecule is CC(NC1CC=CC1)c1ccccc1O. The summed E-state index contributed by atoms with van der Waals surface area (Å²) >= 11 is 0. The van der Waals surface area contributed by atoms with Gasteiger partial charge in [-0.1, -0.05) is 30.4 Å². The highest BCUT2D eigenvalue weighted by atomic mass is 16.3. The predicted octanol–water partition coefficient (Wildman–Crippen LogP) is 2.76. The van der Waals surface area contributed by atoms with Crippen LogP contribution in [0.25, 0.3) is 0 Å². The van der Waals surface area contributed by atoms with Crippen LogP contribution in [0.15, 0.2) is 36.4 Å². The van der Waals surface area contributed by atoms with Crippen LogP contribution in [0, 0.1) is 0 Å². The van der Waals surface area contributed by atoms with Crippen LogP contribution in [0.3, 0.4) is 0 Å². The number of aromatic hydroxyl groups is 1. The molecule has 15 heavy (non-hydrogen) atoms. The molecular formula is C13H17NO. The van der Waals surface area contributed by atoms with Crippen molar-refractivity contribution in [2.45, 2.75) is 31.8 Å². The zero-order valence-electron chi connectivity index (χ0n) is 8.98. The number of phenols is 1. The van der Waals surface area contributed by atoms with Gasteiger partial charge in [-0.2, -0.15) is 0 Å². The van der Waals surface area contributed by atoms with Crippen LogP contribution in [0.4, 0.5) is 0 Å². The van der Waals surface area contributed by atoms with Crippen molar-refractivity contribution in [1.82, 2.24) is 5.32 Å². The van der Waals surface area contributed by atoms with Crippen LogP contribution in [-0.4, -0.2) is 11.1 Å². The minimum absolute atomic E-state index is 0.205. The van der Waals surface area contributed by atoms with E-state index in [-0.39, 0.29) is 6.04 Å². The smallest absolute Gasteiger partial charge is 0.120 e. The molecule has 1 aromatic carbocycles. The van der Waals surface area contributed by atoms with Gasteiger partial charge in [-0.25, -0.2) is 0 Å². The van der Waals surface area contributed by atoms with Crippen molar-refractivity contribution in [2.24, 2.45) is 0 Å². The van der Waals surface area contributed by atoms with Crippen LogP contribution in [0.2, 0.25) is 0 Å². The lowest BCUT2D eigenvalue weighted by atomic mass is 10.1. The molecule has 2 nitrogen and oxygen atoms in total. The Kier molecular flexibility index (Phi) is 3.07. The minimum Gasteiger partial charge on any atom is -0.508 e. The maximum absolute atomic E-state index is 9.70. The van der Waals surface area contributed by atoms with E-state index in [0.29, 0.717) is 11.8 Å². The standard InChI is InChI=1S/C13H17NO/c1-10(14-11-6-2-3-7-11)12-8-4-5-9-13(12)15/h2-5,8-11,14-15H,6-7H2,1H3. The fraction of sp³-hybridized carbons (Fsp3) is 0.385. The highest BCUT2D eigenvalue weighted by Gasteiger charge is 2.15. The monoisotopic (exact) mass is 203 g/mol. The largest absolute Gasteiger partial charge is 0.508 e. The Morgan fingerprint density at radius 3 is 2.60 bits per heavy atom. The number of hydrogen-bond donors (Lipinski definition) is 2. The molecule has 0 fully saturated rings.